The van der Waals surface area contributed by atoms with Gasteiger partial charge in [-0.05, 0) is 50.8 Å². The van der Waals surface area contributed by atoms with E-state index in [2.05, 4.69) is 5.32 Å². The van der Waals surface area contributed by atoms with Crippen molar-refractivity contribution in [3.63, 3.8) is 0 Å². The Hall–Kier alpha value is -1.42. The first-order valence-corrected chi connectivity index (χ1v) is 7.12. The molecule has 0 saturated carbocycles. The molecule has 1 aliphatic rings. The molecular formula is C16H22FNO2. The maximum Gasteiger partial charge on any atom is 0.223 e. The van der Waals surface area contributed by atoms with Crippen LogP contribution < -0.4 is 5.32 Å². The molecule has 1 saturated heterocycles. The zero-order valence-corrected chi connectivity index (χ0v) is 12.1. The van der Waals surface area contributed by atoms with Gasteiger partial charge in [-0.2, -0.15) is 0 Å². The van der Waals surface area contributed by atoms with E-state index in [4.69, 9.17) is 4.74 Å². The summed E-state index contributed by atoms with van der Waals surface area (Å²) >= 11 is 0. The normalized spacial score (nSPS) is 21.4. The van der Waals surface area contributed by atoms with Gasteiger partial charge in [-0.25, -0.2) is 4.39 Å². The molecule has 0 aliphatic carbocycles. The zero-order chi connectivity index (χ0) is 14.6. The number of ether oxygens (including phenoxy) is 1. The molecule has 0 bridgehead atoms. The maximum absolute atomic E-state index is 13.0. The molecule has 0 spiro atoms. The monoisotopic (exact) mass is 279 g/mol. The van der Waals surface area contributed by atoms with E-state index in [1.165, 1.54) is 12.1 Å². The Kier molecular flexibility index (Phi) is 4.76. The molecule has 1 N–H and O–H groups in total. The largest absolute Gasteiger partial charge is 0.376 e. The number of halogens is 1. The second kappa shape index (κ2) is 6.35. The molecule has 110 valence electrons. The Labute approximate surface area is 119 Å². The molecule has 20 heavy (non-hydrogen) atoms. The predicted octanol–water partition coefficient (Wildman–Crippen LogP) is 2.69. The second-order valence-corrected chi connectivity index (χ2v) is 5.97. The Bertz CT molecular complexity index is 473. The number of hydrogen-bond donors (Lipinski definition) is 1. The van der Waals surface area contributed by atoms with Crippen molar-refractivity contribution in [2.75, 3.05) is 13.2 Å². The minimum Gasteiger partial charge on any atom is -0.376 e. The molecule has 4 heteroatoms. The van der Waals surface area contributed by atoms with Crippen LogP contribution in [0.2, 0.25) is 0 Å². The van der Waals surface area contributed by atoms with Crippen LogP contribution in [-0.4, -0.2) is 24.7 Å². The van der Waals surface area contributed by atoms with Gasteiger partial charge in [0.1, 0.15) is 5.82 Å². The minimum absolute atomic E-state index is 0.0197. The molecule has 1 aliphatic heterocycles. The van der Waals surface area contributed by atoms with Crippen LogP contribution in [-0.2, 0) is 16.0 Å². The highest BCUT2D eigenvalue weighted by Gasteiger charge is 2.32. The van der Waals surface area contributed by atoms with Crippen LogP contribution in [0.1, 0.15) is 32.3 Å². The van der Waals surface area contributed by atoms with Crippen molar-refractivity contribution < 1.29 is 13.9 Å². The number of carbonyl (C=O) groups excluding carboxylic acids is 1. The fourth-order valence-corrected chi connectivity index (χ4v) is 2.62. The highest BCUT2D eigenvalue weighted by atomic mass is 19.1. The van der Waals surface area contributed by atoms with E-state index in [0.29, 0.717) is 19.6 Å². The number of rotatable bonds is 4. The Balaban J connectivity index is 1.78. The van der Waals surface area contributed by atoms with Crippen molar-refractivity contribution in [3.8, 4) is 0 Å². The van der Waals surface area contributed by atoms with Gasteiger partial charge in [0.05, 0.1) is 5.60 Å². The molecule has 3 nitrogen and oxygen atoms in total. The van der Waals surface area contributed by atoms with E-state index in [9.17, 15) is 9.18 Å². The fraction of sp³-hybridized carbons (Fsp3) is 0.562. The Morgan fingerprint density at radius 1 is 1.50 bits per heavy atom. The van der Waals surface area contributed by atoms with Gasteiger partial charge in [-0.3, -0.25) is 4.79 Å². The number of benzene rings is 1. The SMILES string of the molecule is CC1(C)C[C@@H](C(=O)NCCc2cccc(F)c2)CCO1. The summed E-state index contributed by atoms with van der Waals surface area (Å²) in [5.41, 5.74) is 0.681. The van der Waals surface area contributed by atoms with Crippen molar-refractivity contribution in [1.29, 1.82) is 0 Å². The van der Waals surface area contributed by atoms with Crippen LogP contribution in [0.5, 0.6) is 0 Å². The van der Waals surface area contributed by atoms with Gasteiger partial charge in [0.25, 0.3) is 0 Å². The van der Waals surface area contributed by atoms with E-state index in [1.54, 1.807) is 6.07 Å². The van der Waals surface area contributed by atoms with E-state index >= 15 is 0 Å². The first-order valence-electron chi connectivity index (χ1n) is 7.12. The first kappa shape index (κ1) is 15.0. The summed E-state index contributed by atoms with van der Waals surface area (Å²) in [5.74, 6) is -0.135. The van der Waals surface area contributed by atoms with Crippen molar-refractivity contribution >= 4 is 5.91 Å². The lowest BCUT2D eigenvalue weighted by molar-refractivity contribution is -0.135. The van der Waals surface area contributed by atoms with Gasteiger partial charge in [0.2, 0.25) is 5.91 Å². The molecule has 1 heterocycles. The molecule has 0 radical (unpaired) electrons. The van der Waals surface area contributed by atoms with E-state index in [0.717, 1.165) is 18.4 Å². The molecule has 2 rings (SSSR count). The first-order chi connectivity index (χ1) is 9.46. The summed E-state index contributed by atoms with van der Waals surface area (Å²) in [6.45, 7) is 5.20. The molecule has 1 aromatic carbocycles. The highest BCUT2D eigenvalue weighted by Crippen LogP contribution is 2.28. The average Bonchev–Trinajstić information content (AvgIpc) is 2.37. The van der Waals surface area contributed by atoms with E-state index < -0.39 is 0 Å². The quantitative estimate of drug-likeness (QED) is 0.920. The highest BCUT2D eigenvalue weighted by molar-refractivity contribution is 5.78. The number of hydrogen-bond acceptors (Lipinski definition) is 2. The van der Waals surface area contributed by atoms with Crippen LogP contribution in [0.25, 0.3) is 0 Å². The second-order valence-electron chi connectivity index (χ2n) is 5.97. The maximum atomic E-state index is 13.0. The molecular weight excluding hydrogens is 257 g/mol. The minimum atomic E-state index is -0.236. The summed E-state index contributed by atoms with van der Waals surface area (Å²) in [6, 6.07) is 6.48. The number of nitrogens with one attached hydrogen (secondary N) is 1. The van der Waals surface area contributed by atoms with Crippen LogP contribution in [0.3, 0.4) is 0 Å². The molecule has 1 atom stereocenters. The third-order valence-corrected chi connectivity index (χ3v) is 3.67. The van der Waals surface area contributed by atoms with Gasteiger partial charge in [-0.1, -0.05) is 12.1 Å². The van der Waals surface area contributed by atoms with Crippen LogP contribution in [0, 0.1) is 11.7 Å². The molecule has 1 amide bonds. The lowest BCUT2D eigenvalue weighted by Crippen LogP contribution is -2.41. The van der Waals surface area contributed by atoms with Crippen LogP contribution in [0.4, 0.5) is 4.39 Å². The lowest BCUT2D eigenvalue weighted by atomic mass is 9.88. The van der Waals surface area contributed by atoms with Gasteiger partial charge < -0.3 is 10.1 Å². The van der Waals surface area contributed by atoms with Crippen molar-refractivity contribution in [2.24, 2.45) is 5.92 Å². The van der Waals surface area contributed by atoms with Gasteiger partial charge in [0.15, 0.2) is 0 Å². The summed E-state index contributed by atoms with van der Waals surface area (Å²) in [4.78, 5) is 12.1. The standard InChI is InChI=1S/C16H22FNO2/c1-16(2)11-13(7-9-20-16)15(19)18-8-6-12-4-3-5-14(17)10-12/h3-5,10,13H,6-9,11H2,1-2H3,(H,18,19)/t13-/m0/s1. The van der Waals surface area contributed by atoms with Crippen LogP contribution in [0.15, 0.2) is 24.3 Å². The third kappa shape index (κ3) is 4.30. The zero-order valence-electron chi connectivity index (χ0n) is 12.1. The summed E-state index contributed by atoms with van der Waals surface area (Å²) in [5, 5.41) is 2.94. The van der Waals surface area contributed by atoms with Gasteiger partial charge in [0, 0.05) is 19.1 Å². The Morgan fingerprint density at radius 3 is 3.00 bits per heavy atom. The summed E-state index contributed by atoms with van der Waals surface area (Å²) < 4.78 is 18.6. The average molecular weight is 279 g/mol. The summed E-state index contributed by atoms with van der Waals surface area (Å²) in [7, 11) is 0. The van der Waals surface area contributed by atoms with Gasteiger partial charge in [-0.15, -0.1) is 0 Å². The van der Waals surface area contributed by atoms with Crippen molar-refractivity contribution in [1.82, 2.24) is 5.32 Å². The van der Waals surface area contributed by atoms with E-state index in [1.807, 2.05) is 19.9 Å². The van der Waals surface area contributed by atoms with E-state index in [-0.39, 0.29) is 23.2 Å². The predicted molar refractivity (Wildman–Crippen MR) is 75.9 cm³/mol. The topological polar surface area (TPSA) is 38.3 Å². The molecule has 1 fully saturated rings. The van der Waals surface area contributed by atoms with Crippen LogP contribution >= 0.6 is 0 Å². The Morgan fingerprint density at radius 2 is 2.30 bits per heavy atom. The number of carbonyl (C=O) groups is 1. The number of amides is 1. The van der Waals surface area contributed by atoms with Gasteiger partial charge >= 0.3 is 0 Å². The third-order valence-electron chi connectivity index (χ3n) is 3.67. The molecule has 1 aromatic rings. The smallest absolute Gasteiger partial charge is 0.223 e. The lowest BCUT2D eigenvalue weighted by Gasteiger charge is -2.34. The van der Waals surface area contributed by atoms with Crippen molar-refractivity contribution in [3.05, 3.63) is 35.6 Å². The fourth-order valence-electron chi connectivity index (χ4n) is 2.62. The summed E-state index contributed by atoms with van der Waals surface area (Å²) in [6.07, 6.45) is 2.17. The molecule has 0 unspecified atom stereocenters. The van der Waals surface area contributed by atoms with Crippen molar-refractivity contribution in [2.45, 2.75) is 38.7 Å². The molecule has 0 aromatic heterocycles.